The first-order chi connectivity index (χ1) is 13.0. The van der Waals surface area contributed by atoms with Crippen LogP contribution in [0.5, 0.6) is 5.75 Å². The maximum atomic E-state index is 11.8. The van der Waals surface area contributed by atoms with E-state index in [0.29, 0.717) is 41.3 Å². The monoisotopic (exact) mass is 384 g/mol. The molecule has 0 amide bonds. The first kappa shape index (κ1) is 19.1. The average Bonchev–Trinajstić information content (AvgIpc) is 2.67. The molecule has 1 aromatic heterocycles. The molecule has 0 radical (unpaired) electrons. The molecule has 0 saturated heterocycles. The van der Waals surface area contributed by atoms with Gasteiger partial charge in [0.25, 0.3) is 5.56 Å². The second kappa shape index (κ2) is 8.37. The molecule has 0 aliphatic heterocycles. The zero-order valence-corrected chi connectivity index (χ0v) is 16.0. The number of rotatable bonds is 7. The fraction of sp³-hybridized carbons (Fsp3) is 0.238. The largest absolute Gasteiger partial charge is 0.490 e. The number of aromatic nitrogens is 1. The van der Waals surface area contributed by atoms with Gasteiger partial charge in [0.05, 0.1) is 10.6 Å². The van der Waals surface area contributed by atoms with Crippen LogP contribution in [-0.4, -0.2) is 31.5 Å². The molecule has 3 aromatic rings. The topological polar surface area (TPSA) is 71.2 Å². The van der Waals surface area contributed by atoms with Gasteiger partial charge in [-0.05, 0) is 60.7 Å². The summed E-state index contributed by atoms with van der Waals surface area (Å²) in [6, 6.07) is 9.41. The molecule has 6 heteroatoms. The Bertz CT molecular complexity index is 1040. The van der Waals surface area contributed by atoms with Crippen molar-refractivity contribution in [1.82, 2.24) is 10.3 Å². The lowest BCUT2D eigenvalue weighted by Crippen LogP contribution is -2.17. The molecule has 5 nitrogen and oxygen atoms in total. The summed E-state index contributed by atoms with van der Waals surface area (Å²) in [5, 5.41) is 4.98. The maximum Gasteiger partial charge on any atom is 0.255 e. The molecule has 0 unspecified atom stereocenters. The quantitative estimate of drug-likeness (QED) is 0.483. The summed E-state index contributed by atoms with van der Waals surface area (Å²) in [6.45, 7) is 3.00. The van der Waals surface area contributed by atoms with Crippen LogP contribution in [0.2, 0.25) is 5.02 Å². The van der Waals surface area contributed by atoms with Crippen LogP contribution in [0.15, 0.2) is 41.3 Å². The molecule has 140 valence electrons. The van der Waals surface area contributed by atoms with Crippen LogP contribution in [0.4, 0.5) is 0 Å². The smallest absolute Gasteiger partial charge is 0.255 e. The van der Waals surface area contributed by atoms with E-state index in [1.165, 1.54) is 0 Å². The molecule has 2 N–H and O–H groups in total. The second-order valence-corrected chi connectivity index (χ2v) is 6.75. The first-order valence-electron chi connectivity index (χ1n) is 8.70. The van der Waals surface area contributed by atoms with Gasteiger partial charge in [0.15, 0.2) is 6.29 Å². The molecule has 0 aliphatic carbocycles. The Labute approximate surface area is 162 Å². The Kier molecular flexibility index (Phi) is 5.94. The number of carbonyl (C=O) groups is 1. The third-order valence-electron chi connectivity index (χ3n) is 4.56. The standard InChI is InChI=1S/C21H21ClN2O3/c1-13-16(11-17(12-25)20(19(13)22)27-8-7-23-2)10-14-3-4-18-15(9-14)5-6-24-21(18)26/h3-6,9,11-12,23H,7-8,10H2,1-2H3,(H,24,26). The zero-order chi connectivity index (χ0) is 19.4. The van der Waals surface area contributed by atoms with Crippen molar-refractivity contribution in [2.75, 3.05) is 20.2 Å². The lowest BCUT2D eigenvalue weighted by molar-refractivity contribution is 0.111. The molecular formula is C21H21ClN2O3. The first-order valence-corrected chi connectivity index (χ1v) is 9.07. The average molecular weight is 385 g/mol. The van der Waals surface area contributed by atoms with E-state index in [0.717, 1.165) is 28.4 Å². The van der Waals surface area contributed by atoms with Gasteiger partial charge in [-0.3, -0.25) is 9.59 Å². The highest BCUT2D eigenvalue weighted by Crippen LogP contribution is 2.34. The van der Waals surface area contributed by atoms with Gasteiger partial charge < -0.3 is 15.0 Å². The molecule has 3 rings (SSSR count). The number of benzene rings is 2. The van der Waals surface area contributed by atoms with Crippen molar-refractivity contribution in [2.24, 2.45) is 0 Å². The predicted octanol–water partition coefficient (Wildman–Crippen LogP) is 3.49. The minimum Gasteiger partial charge on any atom is -0.490 e. The van der Waals surface area contributed by atoms with Gasteiger partial charge in [0.2, 0.25) is 0 Å². The molecule has 0 atom stereocenters. The number of likely N-dealkylation sites (N-methyl/N-ethyl adjacent to an activating group) is 1. The maximum absolute atomic E-state index is 11.8. The highest BCUT2D eigenvalue weighted by atomic mass is 35.5. The molecule has 0 aliphatic rings. The van der Waals surface area contributed by atoms with E-state index in [-0.39, 0.29) is 5.56 Å². The number of halogens is 1. The van der Waals surface area contributed by atoms with Crippen molar-refractivity contribution in [2.45, 2.75) is 13.3 Å². The minimum absolute atomic E-state index is 0.107. The molecular weight excluding hydrogens is 364 g/mol. The summed E-state index contributed by atoms with van der Waals surface area (Å²) >= 11 is 6.49. The number of fused-ring (bicyclic) bond motifs is 1. The van der Waals surface area contributed by atoms with Crippen molar-refractivity contribution in [3.05, 3.63) is 74.2 Å². The molecule has 0 bridgehead atoms. The number of carbonyl (C=O) groups excluding carboxylic acids is 1. The fourth-order valence-electron chi connectivity index (χ4n) is 3.04. The van der Waals surface area contributed by atoms with Gasteiger partial charge in [-0.25, -0.2) is 0 Å². The summed E-state index contributed by atoms with van der Waals surface area (Å²) in [7, 11) is 1.83. The summed E-state index contributed by atoms with van der Waals surface area (Å²) in [4.78, 5) is 26.1. The van der Waals surface area contributed by atoms with Crippen LogP contribution in [0.1, 0.15) is 27.0 Å². The van der Waals surface area contributed by atoms with Gasteiger partial charge in [0.1, 0.15) is 12.4 Å². The molecule has 0 fully saturated rings. The Balaban J connectivity index is 1.96. The Morgan fingerprint density at radius 2 is 2.07 bits per heavy atom. The third-order valence-corrected chi connectivity index (χ3v) is 5.02. The van der Waals surface area contributed by atoms with Gasteiger partial charge >= 0.3 is 0 Å². The van der Waals surface area contributed by atoms with Crippen molar-refractivity contribution >= 4 is 28.7 Å². The summed E-state index contributed by atoms with van der Waals surface area (Å²) < 4.78 is 5.69. The summed E-state index contributed by atoms with van der Waals surface area (Å²) in [5.74, 6) is 0.424. The van der Waals surface area contributed by atoms with Gasteiger partial charge in [0, 0.05) is 18.1 Å². The number of H-pyrrole nitrogens is 1. The number of nitrogens with one attached hydrogen (secondary N) is 2. The fourth-order valence-corrected chi connectivity index (χ4v) is 3.33. The van der Waals surface area contributed by atoms with E-state index in [2.05, 4.69) is 10.3 Å². The number of hydrogen-bond acceptors (Lipinski definition) is 4. The molecule has 1 heterocycles. The zero-order valence-electron chi connectivity index (χ0n) is 15.3. The number of aldehydes is 1. The summed E-state index contributed by atoms with van der Waals surface area (Å²) in [5.41, 5.74) is 3.20. The van der Waals surface area contributed by atoms with Gasteiger partial charge in [-0.2, -0.15) is 0 Å². The Morgan fingerprint density at radius 1 is 1.26 bits per heavy atom. The van der Waals surface area contributed by atoms with E-state index in [1.54, 1.807) is 6.20 Å². The minimum atomic E-state index is -0.107. The second-order valence-electron chi connectivity index (χ2n) is 6.37. The Hall–Kier alpha value is -2.63. The van der Waals surface area contributed by atoms with Crippen molar-refractivity contribution in [3.63, 3.8) is 0 Å². The van der Waals surface area contributed by atoms with Crippen LogP contribution in [0.3, 0.4) is 0 Å². The summed E-state index contributed by atoms with van der Waals surface area (Å²) in [6.07, 6.45) is 3.01. The van der Waals surface area contributed by atoms with Crippen LogP contribution in [0.25, 0.3) is 10.8 Å². The number of hydrogen-bond donors (Lipinski definition) is 2. The highest BCUT2D eigenvalue weighted by Gasteiger charge is 2.16. The number of pyridine rings is 1. The van der Waals surface area contributed by atoms with Crippen LogP contribution in [-0.2, 0) is 6.42 Å². The van der Waals surface area contributed by atoms with E-state index >= 15 is 0 Å². The molecule has 0 saturated carbocycles. The number of ether oxygens (including phenoxy) is 1. The van der Waals surface area contributed by atoms with Crippen molar-refractivity contribution in [1.29, 1.82) is 0 Å². The van der Waals surface area contributed by atoms with Gasteiger partial charge in [-0.1, -0.05) is 23.7 Å². The predicted molar refractivity (Wildman–Crippen MR) is 108 cm³/mol. The lowest BCUT2D eigenvalue weighted by Gasteiger charge is -2.16. The normalized spacial score (nSPS) is 10.9. The van der Waals surface area contributed by atoms with Crippen LogP contribution < -0.4 is 15.6 Å². The highest BCUT2D eigenvalue weighted by molar-refractivity contribution is 6.33. The SMILES string of the molecule is CNCCOc1c(C=O)cc(Cc2ccc3c(=O)[nH]ccc3c2)c(C)c1Cl. The van der Waals surface area contributed by atoms with E-state index in [1.807, 2.05) is 44.3 Å². The van der Waals surface area contributed by atoms with Crippen molar-refractivity contribution < 1.29 is 9.53 Å². The van der Waals surface area contributed by atoms with Crippen molar-refractivity contribution in [3.8, 4) is 5.75 Å². The van der Waals surface area contributed by atoms with E-state index in [9.17, 15) is 9.59 Å². The van der Waals surface area contributed by atoms with E-state index < -0.39 is 0 Å². The molecule has 2 aromatic carbocycles. The number of aromatic amines is 1. The lowest BCUT2D eigenvalue weighted by atomic mass is 9.96. The van der Waals surface area contributed by atoms with Crippen LogP contribution >= 0.6 is 11.6 Å². The molecule has 0 spiro atoms. The van der Waals surface area contributed by atoms with Gasteiger partial charge in [-0.15, -0.1) is 0 Å². The third kappa shape index (κ3) is 4.04. The molecule has 27 heavy (non-hydrogen) atoms. The Morgan fingerprint density at radius 3 is 2.81 bits per heavy atom. The van der Waals surface area contributed by atoms with Crippen LogP contribution in [0, 0.1) is 6.92 Å². The van der Waals surface area contributed by atoms with E-state index in [4.69, 9.17) is 16.3 Å².